The number of hydrogen-bond acceptors (Lipinski definition) is 8. The normalized spacial score (nSPS) is 17.2. The molecule has 0 spiro atoms. The van der Waals surface area contributed by atoms with Gasteiger partial charge in [-0.25, -0.2) is 13.4 Å². The minimum Gasteiger partial charge on any atom is -0.381 e. The van der Waals surface area contributed by atoms with E-state index >= 15 is 0 Å². The lowest BCUT2D eigenvalue weighted by atomic mass is 9.89. The molecule has 0 bridgehead atoms. The highest BCUT2D eigenvalue weighted by molar-refractivity contribution is 7.88. The molecule has 0 fully saturated rings. The Bertz CT molecular complexity index is 1020. The molecule has 0 saturated heterocycles. The molecule has 11 heteroatoms. The SMILES string of the molecule is CC=NN(C)C(C)c1cc2c(cc1C(C)C)NC(COC)N(N(C(=O)CC)S(C)(=O)=O)C2=O. The van der Waals surface area contributed by atoms with Crippen molar-refractivity contribution in [2.24, 2.45) is 5.10 Å². The summed E-state index contributed by atoms with van der Waals surface area (Å²) in [5.74, 6) is -1.14. The maximum Gasteiger partial charge on any atom is 0.277 e. The fourth-order valence-electron chi connectivity index (χ4n) is 3.86. The summed E-state index contributed by atoms with van der Waals surface area (Å²) in [7, 11) is -0.773. The zero-order valence-corrected chi connectivity index (χ0v) is 21.4. The van der Waals surface area contributed by atoms with Crippen LogP contribution in [0, 0.1) is 0 Å². The summed E-state index contributed by atoms with van der Waals surface area (Å²) in [5, 5.41) is 10.3. The van der Waals surface area contributed by atoms with Crippen molar-refractivity contribution in [1.82, 2.24) is 14.4 Å². The van der Waals surface area contributed by atoms with E-state index in [1.807, 2.05) is 27.0 Å². The minimum atomic E-state index is -4.07. The molecule has 2 unspecified atom stereocenters. The van der Waals surface area contributed by atoms with Gasteiger partial charge in [-0.2, -0.15) is 5.10 Å². The number of anilines is 1. The summed E-state index contributed by atoms with van der Waals surface area (Å²) < 4.78 is 30.9. The van der Waals surface area contributed by atoms with Crippen LogP contribution in [0.2, 0.25) is 0 Å². The number of carbonyl (C=O) groups excluding carboxylic acids is 2. The van der Waals surface area contributed by atoms with E-state index in [-0.39, 0.29) is 30.6 Å². The van der Waals surface area contributed by atoms with E-state index < -0.39 is 28.0 Å². The van der Waals surface area contributed by atoms with Crippen LogP contribution >= 0.6 is 0 Å². The van der Waals surface area contributed by atoms with Gasteiger partial charge in [-0.1, -0.05) is 20.8 Å². The van der Waals surface area contributed by atoms with Crippen LogP contribution in [0.5, 0.6) is 0 Å². The lowest BCUT2D eigenvalue weighted by Gasteiger charge is -2.42. The van der Waals surface area contributed by atoms with Gasteiger partial charge in [0.15, 0.2) is 0 Å². The van der Waals surface area contributed by atoms with Gasteiger partial charge in [0.1, 0.15) is 6.17 Å². The summed E-state index contributed by atoms with van der Waals surface area (Å²) in [5.41, 5.74) is 2.77. The molecular formula is C22H35N5O5S. The van der Waals surface area contributed by atoms with Crippen LogP contribution in [-0.2, 0) is 19.6 Å². The fraction of sp³-hybridized carbons (Fsp3) is 0.591. The number of rotatable bonds is 9. The number of sulfonamides is 1. The number of methoxy groups -OCH3 is 1. The molecule has 1 aromatic rings. The third-order valence-electron chi connectivity index (χ3n) is 5.56. The van der Waals surface area contributed by atoms with Crippen molar-refractivity contribution in [3.05, 3.63) is 28.8 Å². The Balaban J connectivity index is 2.73. The molecule has 1 aliphatic rings. The van der Waals surface area contributed by atoms with Crippen molar-refractivity contribution >= 4 is 33.7 Å². The van der Waals surface area contributed by atoms with E-state index in [1.54, 1.807) is 24.2 Å². The molecule has 2 rings (SSSR count). The number of nitrogens with zero attached hydrogens (tertiary/aromatic N) is 4. The predicted octanol–water partition coefficient (Wildman–Crippen LogP) is 2.76. The predicted molar refractivity (Wildman–Crippen MR) is 128 cm³/mol. The first-order valence-corrected chi connectivity index (χ1v) is 12.7. The molecule has 1 N–H and O–H groups in total. The number of nitrogens with one attached hydrogen (secondary N) is 1. The minimum absolute atomic E-state index is 0.0166. The molecule has 0 aliphatic carbocycles. The number of ether oxygens (including phenoxy) is 1. The van der Waals surface area contributed by atoms with Crippen LogP contribution in [0.15, 0.2) is 17.2 Å². The lowest BCUT2D eigenvalue weighted by Crippen LogP contribution is -2.62. The van der Waals surface area contributed by atoms with Crippen molar-refractivity contribution in [3.63, 3.8) is 0 Å². The highest BCUT2D eigenvalue weighted by Gasteiger charge is 2.42. The van der Waals surface area contributed by atoms with Gasteiger partial charge in [0.25, 0.3) is 21.8 Å². The third-order valence-corrected chi connectivity index (χ3v) is 6.57. The van der Waals surface area contributed by atoms with Crippen molar-refractivity contribution < 1.29 is 22.7 Å². The molecule has 1 aliphatic heterocycles. The van der Waals surface area contributed by atoms with Crippen LogP contribution in [0.1, 0.15) is 74.5 Å². The molecule has 1 heterocycles. The zero-order valence-electron chi connectivity index (χ0n) is 20.6. The third kappa shape index (κ3) is 5.47. The van der Waals surface area contributed by atoms with Gasteiger partial charge >= 0.3 is 0 Å². The van der Waals surface area contributed by atoms with E-state index in [2.05, 4.69) is 24.3 Å². The van der Waals surface area contributed by atoms with Crippen LogP contribution in [0.25, 0.3) is 0 Å². The quantitative estimate of drug-likeness (QED) is 0.426. The van der Waals surface area contributed by atoms with Crippen LogP contribution < -0.4 is 5.32 Å². The molecule has 10 nitrogen and oxygen atoms in total. The highest BCUT2D eigenvalue weighted by Crippen LogP contribution is 2.36. The Morgan fingerprint density at radius 3 is 2.42 bits per heavy atom. The second-order valence-electron chi connectivity index (χ2n) is 8.32. The van der Waals surface area contributed by atoms with Gasteiger partial charge in [-0.3, -0.25) is 14.6 Å². The first-order valence-electron chi connectivity index (χ1n) is 10.9. The van der Waals surface area contributed by atoms with Crippen LogP contribution in [-0.4, -0.2) is 74.1 Å². The average molecular weight is 482 g/mol. The zero-order chi connectivity index (χ0) is 25.1. The number of fused-ring (bicyclic) bond motifs is 1. The summed E-state index contributed by atoms with van der Waals surface area (Å²) in [6, 6.07) is 3.53. The molecule has 2 amide bonds. The van der Waals surface area contributed by atoms with Crippen molar-refractivity contribution in [3.8, 4) is 0 Å². The van der Waals surface area contributed by atoms with E-state index in [4.69, 9.17) is 4.74 Å². The molecule has 2 atom stereocenters. The number of hydrogen-bond donors (Lipinski definition) is 1. The van der Waals surface area contributed by atoms with Gasteiger partial charge < -0.3 is 10.1 Å². The van der Waals surface area contributed by atoms with Crippen molar-refractivity contribution in [1.29, 1.82) is 0 Å². The Morgan fingerprint density at radius 2 is 1.94 bits per heavy atom. The van der Waals surface area contributed by atoms with Gasteiger partial charge in [0, 0.05) is 32.5 Å². The number of amides is 2. The summed E-state index contributed by atoms with van der Waals surface area (Å²) >= 11 is 0. The van der Waals surface area contributed by atoms with Gasteiger partial charge in [0.2, 0.25) is 0 Å². The molecular weight excluding hydrogens is 446 g/mol. The maximum absolute atomic E-state index is 13.7. The number of hydrazone groups is 1. The van der Waals surface area contributed by atoms with Crippen LogP contribution in [0.4, 0.5) is 5.69 Å². The summed E-state index contributed by atoms with van der Waals surface area (Å²) in [6.45, 7) is 9.46. The van der Waals surface area contributed by atoms with Crippen molar-refractivity contribution in [2.45, 2.75) is 59.2 Å². The highest BCUT2D eigenvalue weighted by atomic mass is 32.2. The van der Waals surface area contributed by atoms with E-state index in [0.29, 0.717) is 10.1 Å². The Morgan fingerprint density at radius 1 is 1.30 bits per heavy atom. The summed E-state index contributed by atoms with van der Waals surface area (Å²) in [6.07, 6.45) is 1.63. The van der Waals surface area contributed by atoms with Gasteiger partial charge in [-0.15, -0.1) is 4.41 Å². The monoisotopic (exact) mass is 481 g/mol. The Labute approximate surface area is 196 Å². The average Bonchev–Trinajstić information content (AvgIpc) is 2.74. The maximum atomic E-state index is 13.7. The van der Waals surface area contributed by atoms with E-state index in [9.17, 15) is 18.0 Å². The molecule has 0 saturated carbocycles. The molecule has 33 heavy (non-hydrogen) atoms. The van der Waals surface area contributed by atoms with Gasteiger partial charge in [0.05, 0.1) is 24.5 Å². The molecule has 184 valence electrons. The second kappa shape index (κ2) is 10.5. The smallest absolute Gasteiger partial charge is 0.277 e. The Kier molecular flexibility index (Phi) is 8.47. The second-order valence-corrected chi connectivity index (χ2v) is 10.1. The van der Waals surface area contributed by atoms with E-state index in [1.165, 1.54) is 7.11 Å². The Hall–Kier alpha value is -2.66. The van der Waals surface area contributed by atoms with Crippen LogP contribution in [0.3, 0.4) is 0 Å². The number of benzene rings is 1. The number of hydrazine groups is 1. The standard InChI is InChI=1S/C22H35N5O5S/c1-9-21(28)27(33(8,30)31)26-20(13-32-7)24-19-12-16(14(3)4)17(11-18(19)22(26)29)15(5)25(6)23-10-2/h10-12,14-15,20,24H,9,13H2,1-8H3. The first kappa shape index (κ1) is 26.6. The molecule has 0 radical (unpaired) electrons. The largest absolute Gasteiger partial charge is 0.381 e. The topological polar surface area (TPSA) is 112 Å². The fourth-order valence-corrected chi connectivity index (χ4v) is 4.87. The lowest BCUT2D eigenvalue weighted by molar-refractivity contribution is -0.137. The molecule has 0 aromatic heterocycles. The van der Waals surface area contributed by atoms with E-state index in [0.717, 1.165) is 22.4 Å². The van der Waals surface area contributed by atoms with Gasteiger partial charge in [-0.05, 0) is 43.0 Å². The number of carbonyl (C=O) groups is 2. The molecule has 1 aromatic carbocycles. The summed E-state index contributed by atoms with van der Waals surface area (Å²) in [4.78, 5) is 26.3. The van der Waals surface area contributed by atoms with Crippen molar-refractivity contribution in [2.75, 3.05) is 32.3 Å². The first-order chi connectivity index (χ1) is 15.4.